The average Bonchev–Trinajstić information content (AvgIpc) is 2.13. The van der Waals surface area contributed by atoms with Gasteiger partial charge in [0, 0.05) is 24.5 Å². The van der Waals surface area contributed by atoms with Gasteiger partial charge in [-0.15, -0.1) is 0 Å². The fourth-order valence-electron chi connectivity index (χ4n) is 2.43. The van der Waals surface area contributed by atoms with E-state index in [0.29, 0.717) is 6.04 Å². The van der Waals surface area contributed by atoms with Gasteiger partial charge in [-0.2, -0.15) is 0 Å². The third kappa shape index (κ3) is 4.52. The van der Waals surface area contributed by atoms with Gasteiger partial charge in [-0.1, -0.05) is 45.4 Å². The van der Waals surface area contributed by atoms with Crippen LogP contribution in [0.4, 0.5) is 0 Å². The number of nitrogens with one attached hydrogen (secondary N) is 1. The third-order valence-electron chi connectivity index (χ3n) is 3.68. The van der Waals surface area contributed by atoms with E-state index in [1.807, 2.05) is 0 Å². The fourth-order valence-corrected chi connectivity index (χ4v) is 2.43. The summed E-state index contributed by atoms with van der Waals surface area (Å²) in [5.41, 5.74) is 5.92. The van der Waals surface area contributed by atoms with E-state index in [2.05, 4.69) is 19.2 Å². The molecule has 15 heavy (non-hydrogen) atoms. The van der Waals surface area contributed by atoms with Crippen LogP contribution in [0.5, 0.6) is 0 Å². The first kappa shape index (κ1) is 13.0. The van der Waals surface area contributed by atoms with Crippen LogP contribution < -0.4 is 11.1 Å². The maximum absolute atomic E-state index is 5.92. The lowest BCUT2D eigenvalue weighted by molar-refractivity contribution is 0.187. The van der Waals surface area contributed by atoms with Crippen molar-refractivity contribution in [2.45, 2.75) is 70.9 Å². The largest absolute Gasteiger partial charge is 0.328 e. The van der Waals surface area contributed by atoms with Gasteiger partial charge in [0.25, 0.3) is 0 Å². The maximum atomic E-state index is 5.92. The Balaban J connectivity index is 1.92. The zero-order valence-electron chi connectivity index (χ0n) is 10.5. The van der Waals surface area contributed by atoms with E-state index in [1.54, 1.807) is 0 Å². The van der Waals surface area contributed by atoms with Crippen LogP contribution in [0.15, 0.2) is 0 Å². The van der Waals surface area contributed by atoms with Crippen molar-refractivity contribution in [3.05, 3.63) is 0 Å². The van der Waals surface area contributed by atoms with Crippen LogP contribution in [-0.2, 0) is 0 Å². The number of hydrogen-bond acceptors (Lipinski definition) is 2. The molecule has 0 radical (unpaired) electrons. The van der Waals surface area contributed by atoms with Crippen LogP contribution in [0.2, 0.25) is 0 Å². The summed E-state index contributed by atoms with van der Waals surface area (Å²) in [7, 11) is 0. The Morgan fingerprint density at radius 2 is 1.87 bits per heavy atom. The molecule has 1 heterocycles. The first-order valence-electron chi connectivity index (χ1n) is 6.74. The molecule has 2 heteroatoms. The van der Waals surface area contributed by atoms with Crippen molar-refractivity contribution in [2.24, 2.45) is 11.7 Å². The van der Waals surface area contributed by atoms with Gasteiger partial charge in [-0.25, -0.2) is 0 Å². The van der Waals surface area contributed by atoms with Crippen molar-refractivity contribution >= 4 is 0 Å². The molecule has 0 spiro atoms. The van der Waals surface area contributed by atoms with Gasteiger partial charge < -0.3 is 11.1 Å². The molecule has 1 fully saturated rings. The lowest BCUT2D eigenvalue weighted by Crippen LogP contribution is -2.58. The van der Waals surface area contributed by atoms with Gasteiger partial charge in [0.05, 0.1) is 0 Å². The average molecular weight is 212 g/mol. The first-order valence-corrected chi connectivity index (χ1v) is 6.74. The van der Waals surface area contributed by atoms with E-state index >= 15 is 0 Å². The summed E-state index contributed by atoms with van der Waals surface area (Å²) in [6.07, 6.45) is 9.71. The Morgan fingerprint density at radius 3 is 2.40 bits per heavy atom. The van der Waals surface area contributed by atoms with Crippen molar-refractivity contribution in [1.29, 1.82) is 0 Å². The molecule has 0 aliphatic carbocycles. The lowest BCUT2D eigenvalue weighted by atomic mass is 9.83. The zero-order chi connectivity index (χ0) is 11.1. The molecule has 90 valence electrons. The van der Waals surface area contributed by atoms with E-state index in [0.717, 1.165) is 18.5 Å². The Hall–Kier alpha value is -0.0800. The Kier molecular flexibility index (Phi) is 6.26. The van der Waals surface area contributed by atoms with Crippen molar-refractivity contribution < 1.29 is 0 Å². The molecule has 0 aromatic rings. The molecule has 1 rings (SSSR count). The van der Waals surface area contributed by atoms with Gasteiger partial charge >= 0.3 is 0 Å². The van der Waals surface area contributed by atoms with Crippen LogP contribution >= 0.6 is 0 Å². The maximum Gasteiger partial charge on any atom is 0.0122 e. The van der Waals surface area contributed by atoms with Crippen LogP contribution in [0.25, 0.3) is 0 Å². The standard InChI is InChI=1S/C13H28N2/c1-3-4-5-6-7-8-9-13-12(10-15-13)11(2)14/h11-13,15H,3-10,14H2,1-2H3. The summed E-state index contributed by atoms with van der Waals surface area (Å²) in [6.45, 7) is 5.55. The van der Waals surface area contributed by atoms with E-state index in [9.17, 15) is 0 Å². The quantitative estimate of drug-likeness (QED) is 0.607. The molecule has 1 saturated heterocycles. The Bertz CT molecular complexity index is 157. The smallest absolute Gasteiger partial charge is 0.0122 e. The molecule has 3 atom stereocenters. The highest BCUT2D eigenvalue weighted by Crippen LogP contribution is 2.21. The number of hydrogen-bond donors (Lipinski definition) is 2. The van der Waals surface area contributed by atoms with Crippen molar-refractivity contribution in [2.75, 3.05) is 6.54 Å². The fraction of sp³-hybridized carbons (Fsp3) is 1.00. The molecular weight excluding hydrogens is 184 g/mol. The summed E-state index contributed by atoms with van der Waals surface area (Å²) in [5.74, 6) is 0.737. The molecule has 0 saturated carbocycles. The lowest BCUT2D eigenvalue weighted by Gasteiger charge is -2.40. The highest BCUT2D eigenvalue weighted by molar-refractivity contribution is 4.92. The Labute approximate surface area is 95.0 Å². The molecule has 0 amide bonds. The van der Waals surface area contributed by atoms with E-state index in [4.69, 9.17) is 5.73 Å². The molecule has 1 aliphatic heterocycles. The summed E-state index contributed by atoms with van der Waals surface area (Å²) < 4.78 is 0. The second-order valence-corrected chi connectivity index (χ2v) is 5.09. The van der Waals surface area contributed by atoms with Gasteiger partial charge in [-0.05, 0) is 13.3 Å². The molecule has 0 aromatic heterocycles. The number of unbranched alkanes of at least 4 members (excludes halogenated alkanes) is 5. The van der Waals surface area contributed by atoms with Crippen molar-refractivity contribution in [3.8, 4) is 0 Å². The third-order valence-corrected chi connectivity index (χ3v) is 3.68. The summed E-state index contributed by atoms with van der Waals surface area (Å²) in [4.78, 5) is 0. The zero-order valence-corrected chi connectivity index (χ0v) is 10.5. The molecule has 3 N–H and O–H groups in total. The van der Waals surface area contributed by atoms with Crippen molar-refractivity contribution in [3.63, 3.8) is 0 Å². The van der Waals surface area contributed by atoms with Gasteiger partial charge in [0.1, 0.15) is 0 Å². The van der Waals surface area contributed by atoms with Crippen molar-refractivity contribution in [1.82, 2.24) is 5.32 Å². The van der Waals surface area contributed by atoms with Crippen LogP contribution in [0.3, 0.4) is 0 Å². The minimum Gasteiger partial charge on any atom is -0.328 e. The molecule has 1 aliphatic rings. The van der Waals surface area contributed by atoms with E-state index in [1.165, 1.54) is 44.9 Å². The molecule has 0 aromatic carbocycles. The predicted octanol–water partition coefficient (Wildman–Crippen LogP) is 2.67. The number of rotatable bonds is 8. The minimum absolute atomic E-state index is 0.372. The highest BCUT2D eigenvalue weighted by atomic mass is 15.0. The van der Waals surface area contributed by atoms with E-state index in [-0.39, 0.29) is 0 Å². The first-order chi connectivity index (χ1) is 7.25. The predicted molar refractivity (Wildman–Crippen MR) is 66.9 cm³/mol. The monoisotopic (exact) mass is 212 g/mol. The molecule has 3 unspecified atom stereocenters. The number of nitrogens with two attached hydrogens (primary N) is 1. The molecular formula is C13H28N2. The molecule has 0 bridgehead atoms. The highest BCUT2D eigenvalue weighted by Gasteiger charge is 2.31. The van der Waals surface area contributed by atoms with Gasteiger partial charge in [0.2, 0.25) is 0 Å². The van der Waals surface area contributed by atoms with Crippen LogP contribution in [0.1, 0.15) is 58.8 Å². The second kappa shape index (κ2) is 7.24. The SMILES string of the molecule is CCCCCCCCC1NCC1C(C)N. The minimum atomic E-state index is 0.372. The summed E-state index contributed by atoms with van der Waals surface area (Å²) in [5, 5.41) is 3.50. The topological polar surface area (TPSA) is 38.0 Å². The van der Waals surface area contributed by atoms with Crippen LogP contribution in [-0.4, -0.2) is 18.6 Å². The van der Waals surface area contributed by atoms with E-state index < -0.39 is 0 Å². The van der Waals surface area contributed by atoms with Gasteiger partial charge in [-0.3, -0.25) is 0 Å². The summed E-state index contributed by atoms with van der Waals surface area (Å²) in [6, 6.07) is 1.09. The Morgan fingerprint density at radius 1 is 1.20 bits per heavy atom. The summed E-state index contributed by atoms with van der Waals surface area (Å²) >= 11 is 0. The van der Waals surface area contributed by atoms with Gasteiger partial charge in [0.15, 0.2) is 0 Å². The normalized spacial score (nSPS) is 27.4. The second-order valence-electron chi connectivity index (χ2n) is 5.09. The molecule has 2 nitrogen and oxygen atoms in total. The van der Waals surface area contributed by atoms with Crippen LogP contribution in [0, 0.1) is 5.92 Å².